The molecule has 2 N–H and O–H groups in total. The van der Waals surface area contributed by atoms with Gasteiger partial charge in [0, 0.05) is 18.6 Å². The molecule has 92 valence electrons. The molecule has 0 aromatic carbocycles. The second kappa shape index (κ2) is 4.72. The molecular formula is C12H22N2O2. The highest BCUT2D eigenvalue weighted by Gasteiger charge is 2.37. The molecule has 0 aromatic rings. The molecule has 2 aliphatic heterocycles. The van der Waals surface area contributed by atoms with E-state index in [9.17, 15) is 4.79 Å². The van der Waals surface area contributed by atoms with Crippen LogP contribution in [0.2, 0.25) is 0 Å². The summed E-state index contributed by atoms with van der Waals surface area (Å²) in [6.07, 6.45) is 2.33. The van der Waals surface area contributed by atoms with Gasteiger partial charge in [0.05, 0.1) is 19.1 Å². The van der Waals surface area contributed by atoms with Crippen LogP contribution in [0.4, 0.5) is 0 Å². The number of amides is 1. The van der Waals surface area contributed by atoms with Crippen molar-refractivity contribution in [2.75, 3.05) is 19.8 Å². The van der Waals surface area contributed by atoms with Crippen molar-refractivity contribution >= 4 is 5.91 Å². The van der Waals surface area contributed by atoms with E-state index in [0.29, 0.717) is 25.2 Å². The molecule has 0 aliphatic carbocycles. The zero-order valence-electron chi connectivity index (χ0n) is 10.2. The quantitative estimate of drug-likeness (QED) is 0.712. The van der Waals surface area contributed by atoms with E-state index in [0.717, 1.165) is 13.0 Å². The molecule has 2 saturated heterocycles. The van der Waals surface area contributed by atoms with E-state index >= 15 is 0 Å². The number of hydrogen-bond acceptors (Lipinski definition) is 3. The minimum absolute atomic E-state index is 0.114. The van der Waals surface area contributed by atoms with Gasteiger partial charge in [-0.15, -0.1) is 0 Å². The van der Waals surface area contributed by atoms with E-state index in [4.69, 9.17) is 10.5 Å². The summed E-state index contributed by atoms with van der Waals surface area (Å²) >= 11 is 0. The second-order valence-corrected chi connectivity index (χ2v) is 5.20. The van der Waals surface area contributed by atoms with Gasteiger partial charge in [-0.1, -0.05) is 6.92 Å². The maximum Gasteiger partial charge on any atom is 0.229 e. The van der Waals surface area contributed by atoms with Crippen molar-refractivity contribution in [1.29, 1.82) is 0 Å². The lowest BCUT2D eigenvalue weighted by molar-refractivity contribution is -0.140. The van der Waals surface area contributed by atoms with Crippen molar-refractivity contribution in [1.82, 2.24) is 4.90 Å². The number of nitrogens with zero attached hydrogens (tertiary/aromatic N) is 1. The van der Waals surface area contributed by atoms with Crippen molar-refractivity contribution in [3.8, 4) is 0 Å². The molecule has 0 aromatic heterocycles. The minimum Gasteiger partial charge on any atom is -0.379 e. The molecule has 4 atom stereocenters. The molecule has 4 unspecified atom stereocenters. The van der Waals surface area contributed by atoms with Crippen LogP contribution in [0.25, 0.3) is 0 Å². The Morgan fingerprint density at radius 3 is 2.75 bits per heavy atom. The van der Waals surface area contributed by atoms with Crippen molar-refractivity contribution in [2.24, 2.45) is 17.6 Å². The number of nitrogens with two attached hydrogens (primary N) is 1. The summed E-state index contributed by atoms with van der Waals surface area (Å²) in [5.41, 5.74) is 5.89. The van der Waals surface area contributed by atoms with E-state index in [1.165, 1.54) is 6.42 Å². The molecule has 0 bridgehead atoms. The van der Waals surface area contributed by atoms with Crippen molar-refractivity contribution in [3.05, 3.63) is 0 Å². The summed E-state index contributed by atoms with van der Waals surface area (Å²) in [5, 5.41) is 0. The van der Waals surface area contributed by atoms with Crippen LogP contribution in [0.1, 0.15) is 26.7 Å². The summed E-state index contributed by atoms with van der Waals surface area (Å²) in [6, 6.07) is 0.228. The van der Waals surface area contributed by atoms with Gasteiger partial charge >= 0.3 is 0 Å². The lowest BCUT2D eigenvalue weighted by Crippen LogP contribution is -2.51. The third-order valence-electron chi connectivity index (χ3n) is 4.10. The SMILES string of the molecule is CC1CCCN(C(=O)C2COCC2N)C1C. The summed E-state index contributed by atoms with van der Waals surface area (Å²) in [5.74, 6) is 0.674. The molecule has 2 rings (SSSR count). The predicted octanol–water partition coefficient (Wildman–Crippen LogP) is 0.607. The first-order valence-corrected chi connectivity index (χ1v) is 6.25. The van der Waals surface area contributed by atoms with Crippen molar-refractivity contribution in [2.45, 2.75) is 38.8 Å². The Kier molecular flexibility index (Phi) is 3.50. The molecule has 0 saturated carbocycles. The normalized spacial score (nSPS) is 40.1. The molecule has 4 heteroatoms. The Hall–Kier alpha value is -0.610. The van der Waals surface area contributed by atoms with Crippen LogP contribution in [-0.2, 0) is 9.53 Å². The van der Waals surface area contributed by atoms with Gasteiger partial charge in [-0.2, -0.15) is 0 Å². The van der Waals surface area contributed by atoms with E-state index in [1.807, 2.05) is 4.90 Å². The monoisotopic (exact) mass is 226 g/mol. The Morgan fingerprint density at radius 1 is 1.38 bits per heavy atom. The summed E-state index contributed by atoms with van der Waals surface area (Å²) in [7, 11) is 0. The van der Waals surface area contributed by atoms with Gasteiger partial charge < -0.3 is 15.4 Å². The summed E-state index contributed by atoms with van der Waals surface area (Å²) in [4.78, 5) is 14.3. The third kappa shape index (κ3) is 2.09. The van der Waals surface area contributed by atoms with Gasteiger partial charge in [0.1, 0.15) is 0 Å². The van der Waals surface area contributed by atoms with Crippen molar-refractivity contribution < 1.29 is 9.53 Å². The van der Waals surface area contributed by atoms with Gasteiger partial charge in [-0.05, 0) is 25.7 Å². The standard InChI is InChI=1S/C12H22N2O2/c1-8-4-3-5-14(9(8)2)12(15)10-6-16-7-11(10)13/h8-11H,3-7,13H2,1-2H3. The Morgan fingerprint density at radius 2 is 2.12 bits per heavy atom. The summed E-state index contributed by atoms with van der Waals surface area (Å²) in [6.45, 7) is 6.26. The number of carbonyl (C=O) groups excluding carboxylic acids is 1. The van der Waals surface area contributed by atoms with Gasteiger partial charge in [0.25, 0.3) is 0 Å². The van der Waals surface area contributed by atoms with E-state index in [-0.39, 0.29) is 17.9 Å². The second-order valence-electron chi connectivity index (χ2n) is 5.20. The van der Waals surface area contributed by atoms with Crippen LogP contribution in [0, 0.1) is 11.8 Å². The Balaban J connectivity index is 2.03. The van der Waals surface area contributed by atoms with E-state index in [2.05, 4.69) is 13.8 Å². The fourth-order valence-electron chi connectivity index (χ4n) is 2.68. The molecule has 0 spiro atoms. The lowest BCUT2D eigenvalue weighted by Gasteiger charge is -2.39. The molecule has 16 heavy (non-hydrogen) atoms. The lowest BCUT2D eigenvalue weighted by atomic mass is 9.90. The van der Waals surface area contributed by atoms with Crippen molar-refractivity contribution in [3.63, 3.8) is 0 Å². The number of carbonyl (C=O) groups is 1. The van der Waals surface area contributed by atoms with Crippen LogP contribution < -0.4 is 5.73 Å². The van der Waals surface area contributed by atoms with Crippen LogP contribution in [0.15, 0.2) is 0 Å². The zero-order chi connectivity index (χ0) is 11.7. The fraction of sp³-hybridized carbons (Fsp3) is 0.917. The number of rotatable bonds is 1. The summed E-state index contributed by atoms with van der Waals surface area (Å²) < 4.78 is 5.27. The van der Waals surface area contributed by atoms with E-state index in [1.54, 1.807) is 0 Å². The number of ether oxygens (including phenoxy) is 1. The van der Waals surface area contributed by atoms with Crippen LogP contribution in [0.5, 0.6) is 0 Å². The van der Waals surface area contributed by atoms with Gasteiger partial charge in [-0.3, -0.25) is 4.79 Å². The molecular weight excluding hydrogens is 204 g/mol. The first kappa shape index (κ1) is 11.9. The number of hydrogen-bond donors (Lipinski definition) is 1. The predicted molar refractivity (Wildman–Crippen MR) is 61.9 cm³/mol. The smallest absolute Gasteiger partial charge is 0.229 e. The Bertz CT molecular complexity index is 270. The van der Waals surface area contributed by atoms with Crippen LogP contribution >= 0.6 is 0 Å². The Labute approximate surface area is 97.1 Å². The fourth-order valence-corrected chi connectivity index (χ4v) is 2.68. The average molecular weight is 226 g/mol. The number of likely N-dealkylation sites (tertiary alicyclic amines) is 1. The molecule has 0 radical (unpaired) electrons. The van der Waals surface area contributed by atoms with Crippen LogP contribution in [0.3, 0.4) is 0 Å². The van der Waals surface area contributed by atoms with Gasteiger partial charge in [0.2, 0.25) is 5.91 Å². The van der Waals surface area contributed by atoms with E-state index < -0.39 is 0 Å². The molecule has 2 heterocycles. The van der Waals surface area contributed by atoms with Gasteiger partial charge in [0.15, 0.2) is 0 Å². The van der Waals surface area contributed by atoms with Crippen LogP contribution in [-0.4, -0.2) is 42.6 Å². The zero-order valence-corrected chi connectivity index (χ0v) is 10.2. The average Bonchev–Trinajstić information content (AvgIpc) is 2.68. The highest BCUT2D eigenvalue weighted by atomic mass is 16.5. The highest BCUT2D eigenvalue weighted by Crippen LogP contribution is 2.26. The maximum absolute atomic E-state index is 12.3. The topological polar surface area (TPSA) is 55.6 Å². The number of piperidine rings is 1. The van der Waals surface area contributed by atoms with Gasteiger partial charge in [-0.25, -0.2) is 0 Å². The molecule has 4 nitrogen and oxygen atoms in total. The third-order valence-corrected chi connectivity index (χ3v) is 4.10. The molecule has 1 amide bonds. The molecule has 2 fully saturated rings. The maximum atomic E-state index is 12.3. The minimum atomic E-state index is -0.118. The highest BCUT2D eigenvalue weighted by molar-refractivity contribution is 5.80. The molecule has 2 aliphatic rings. The largest absolute Gasteiger partial charge is 0.379 e. The first-order valence-electron chi connectivity index (χ1n) is 6.25. The first-order chi connectivity index (χ1) is 7.61.